The molecule has 0 fully saturated rings. The minimum Gasteiger partial charge on any atom is -0.357 e. The van der Waals surface area contributed by atoms with Crippen molar-refractivity contribution in [2.45, 2.75) is 39.0 Å². The van der Waals surface area contributed by atoms with E-state index in [-0.39, 0.29) is 18.7 Å². The first-order chi connectivity index (χ1) is 16.2. The summed E-state index contributed by atoms with van der Waals surface area (Å²) in [6.07, 6.45) is -3.82. The van der Waals surface area contributed by atoms with Crippen molar-refractivity contribution >= 4 is 39.1 Å². The van der Waals surface area contributed by atoms with Crippen LogP contribution in [0.15, 0.2) is 42.5 Å². The number of rotatable bonds is 9. The van der Waals surface area contributed by atoms with Gasteiger partial charge in [0.15, 0.2) is 0 Å². The van der Waals surface area contributed by atoms with Crippen molar-refractivity contribution in [2.24, 2.45) is 0 Å². The molecule has 1 N–H and O–H groups in total. The molecule has 0 bridgehead atoms. The number of carbonyl (C=O) groups excluding carboxylic acids is 2. The fourth-order valence-electron chi connectivity index (χ4n) is 3.59. The van der Waals surface area contributed by atoms with Gasteiger partial charge >= 0.3 is 6.18 Å². The van der Waals surface area contributed by atoms with Gasteiger partial charge in [0.05, 0.1) is 22.5 Å². The molecule has 0 aromatic heterocycles. The number of hydrogen-bond acceptors (Lipinski definition) is 4. The summed E-state index contributed by atoms with van der Waals surface area (Å²) < 4.78 is 65.7. The van der Waals surface area contributed by atoms with Gasteiger partial charge in [-0.15, -0.1) is 0 Å². The summed E-state index contributed by atoms with van der Waals surface area (Å²) in [5.74, 6) is -1.21. The lowest BCUT2D eigenvalue weighted by molar-refractivity contribution is -0.140. The van der Waals surface area contributed by atoms with E-state index in [4.69, 9.17) is 11.6 Å². The molecule has 12 heteroatoms. The van der Waals surface area contributed by atoms with Crippen LogP contribution in [0.2, 0.25) is 5.02 Å². The van der Waals surface area contributed by atoms with Crippen molar-refractivity contribution in [3.8, 4) is 0 Å². The average molecular weight is 534 g/mol. The number of hydrogen-bond donors (Lipinski definition) is 1. The van der Waals surface area contributed by atoms with E-state index < -0.39 is 51.2 Å². The van der Waals surface area contributed by atoms with Crippen molar-refractivity contribution in [1.29, 1.82) is 0 Å². The number of anilines is 1. The molecule has 0 aliphatic rings. The smallest absolute Gasteiger partial charge is 0.357 e. The first-order valence-corrected chi connectivity index (χ1v) is 12.8. The molecule has 0 saturated heterocycles. The molecule has 2 rings (SSSR count). The average Bonchev–Trinajstić information content (AvgIpc) is 2.76. The van der Waals surface area contributed by atoms with E-state index in [0.29, 0.717) is 15.9 Å². The Kier molecular flexibility index (Phi) is 9.18. The van der Waals surface area contributed by atoms with E-state index in [1.165, 1.54) is 11.9 Å². The highest BCUT2D eigenvalue weighted by Crippen LogP contribution is 2.37. The summed E-state index contributed by atoms with van der Waals surface area (Å²) in [5, 5.41) is 1.89. The Morgan fingerprint density at radius 3 is 2.31 bits per heavy atom. The lowest BCUT2D eigenvalue weighted by atomic mass is 10.1. The maximum Gasteiger partial charge on any atom is 0.417 e. The lowest BCUT2D eigenvalue weighted by Gasteiger charge is -2.32. The molecule has 0 spiro atoms. The summed E-state index contributed by atoms with van der Waals surface area (Å²) >= 11 is 5.66. The van der Waals surface area contributed by atoms with Gasteiger partial charge in [-0.1, -0.05) is 48.4 Å². The number of likely N-dealkylation sites (N-methyl/N-ethyl adjacent to an activating group) is 1. The highest BCUT2D eigenvalue weighted by Gasteiger charge is 2.36. The SMILES string of the molecule is CCC(C(=O)NC)N(Cc1cccc(C)c1)C(=O)CN(c1ccc(Cl)c(C(F)(F)F)c1)S(C)(=O)=O. The highest BCUT2D eigenvalue weighted by atomic mass is 35.5. The summed E-state index contributed by atoms with van der Waals surface area (Å²) in [4.78, 5) is 27.2. The zero-order valence-corrected chi connectivity index (χ0v) is 21.3. The van der Waals surface area contributed by atoms with Gasteiger partial charge in [0.1, 0.15) is 12.6 Å². The Bertz CT molecular complexity index is 1190. The van der Waals surface area contributed by atoms with Crippen molar-refractivity contribution in [3.63, 3.8) is 0 Å². The molecule has 1 atom stereocenters. The third-order valence-corrected chi connectivity index (χ3v) is 6.76. The second kappa shape index (κ2) is 11.3. The van der Waals surface area contributed by atoms with Crippen LogP contribution in [-0.2, 0) is 32.3 Å². The zero-order chi connectivity index (χ0) is 26.6. The maximum atomic E-state index is 13.4. The van der Waals surface area contributed by atoms with Crippen molar-refractivity contribution in [3.05, 3.63) is 64.2 Å². The van der Waals surface area contributed by atoms with Gasteiger partial charge in [-0.3, -0.25) is 13.9 Å². The van der Waals surface area contributed by atoms with Gasteiger partial charge in [0.25, 0.3) is 0 Å². The van der Waals surface area contributed by atoms with Crippen LogP contribution in [0.4, 0.5) is 18.9 Å². The minimum atomic E-state index is -4.83. The van der Waals surface area contributed by atoms with Gasteiger partial charge in [-0.25, -0.2) is 8.42 Å². The van der Waals surface area contributed by atoms with E-state index in [9.17, 15) is 31.2 Å². The number of benzene rings is 2. The zero-order valence-electron chi connectivity index (χ0n) is 19.7. The number of nitrogens with one attached hydrogen (secondary N) is 1. The van der Waals surface area contributed by atoms with E-state index >= 15 is 0 Å². The Hall–Kier alpha value is -2.79. The first kappa shape index (κ1) is 28.4. The van der Waals surface area contributed by atoms with Gasteiger partial charge < -0.3 is 10.2 Å². The predicted octanol–water partition coefficient (Wildman–Crippen LogP) is 3.99. The molecule has 7 nitrogen and oxygen atoms in total. The maximum absolute atomic E-state index is 13.4. The van der Waals surface area contributed by atoms with Crippen LogP contribution in [0.1, 0.15) is 30.0 Å². The van der Waals surface area contributed by atoms with Crippen LogP contribution < -0.4 is 9.62 Å². The molecule has 0 saturated carbocycles. The van der Waals surface area contributed by atoms with Crippen molar-refractivity contribution in [2.75, 3.05) is 24.2 Å². The largest absolute Gasteiger partial charge is 0.417 e. The van der Waals surface area contributed by atoms with Crippen molar-refractivity contribution in [1.82, 2.24) is 10.2 Å². The summed E-state index contributed by atoms with van der Waals surface area (Å²) in [5.41, 5.74) is 0.0196. The second-order valence-electron chi connectivity index (χ2n) is 7.98. The molecule has 1 unspecified atom stereocenters. The van der Waals surface area contributed by atoms with Crippen LogP contribution in [0.25, 0.3) is 0 Å². The van der Waals surface area contributed by atoms with Gasteiger partial charge in [0.2, 0.25) is 21.8 Å². The van der Waals surface area contributed by atoms with Crippen LogP contribution in [0.3, 0.4) is 0 Å². The lowest BCUT2D eigenvalue weighted by Crippen LogP contribution is -2.51. The van der Waals surface area contributed by atoms with E-state index in [1.54, 1.807) is 19.1 Å². The van der Waals surface area contributed by atoms with Crippen LogP contribution in [-0.4, -0.2) is 51.0 Å². The highest BCUT2D eigenvalue weighted by molar-refractivity contribution is 7.92. The number of sulfonamides is 1. The third-order valence-electron chi connectivity index (χ3n) is 5.29. The molecule has 0 radical (unpaired) electrons. The quantitative estimate of drug-likeness (QED) is 0.528. The monoisotopic (exact) mass is 533 g/mol. The van der Waals surface area contributed by atoms with E-state index in [0.717, 1.165) is 24.0 Å². The number of halogens is 4. The minimum absolute atomic E-state index is 0.00153. The number of carbonyl (C=O) groups is 2. The topological polar surface area (TPSA) is 86.8 Å². The molecule has 2 amide bonds. The van der Waals surface area contributed by atoms with Gasteiger partial charge in [-0.05, 0) is 37.1 Å². The number of alkyl halides is 3. The fraction of sp³-hybridized carbons (Fsp3) is 0.391. The summed E-state index contributed by atoms with van der Waals surface area (Å²) in [7, 11) is -2.77. The number of amides is 2. The number of aryl methyl sites for hydroxylation is 1. The van der Waals surface area contributed by atoms with Gasteiger partial charge in [-0.2, -0.15) is 13.2 Å². The molecule has 0 aliphatic heterocycles. The molecule has 35 heavy (non-hydrogen) atoms. The molecule has 0 heterocycles. The van der Waals surface area contributed by atoms with E-state index in [2.05, 4.69) is 5.32 Å². The molecule has 192 valence electrons. The van der Waals surface area contributed by atoms with Gasteiger partial charge in [0, 0.05) is 13.6 Å². The molecular formula is C23H27ClF3N3O4S. The van der Waals surface area contributed by atoms with E-state index in [1.807, 2.05) is 19.1 Å². The predicted molar refractivity (Wildman–Crippen MR) is 129 cm³/mol. The summed E-state index contributed by atoms with van der Waals surface area (Å²) in [6, 6.07) is 8.88. The molecule has 2 aromatic rings. The second-order valence-corrected chi connectivity index (χ2v) is 10.3. The Labute approximate surface area is 207 Å². The molecule has 2 aromatic carbocycles. The summed E-state index contributed by atoms with van der Waals surface area (Å²) in [6.45, 7) is 2.74. The normalized spacial score (nSPS) is 12.7. The first-order valence-electron chi connectivity index (χ1n) is 10.6. The van der Waals surface area contributed by atoms with Crippen LogP contribution >= 0.6 is 11.6 Å². The van der Waals surface area contributed by atoms with Crippen LogP contribution in [0.5, 0.6) is 0 Å². The Morgan fingerprint density at radius 2 is 1.80 bits per heavy atom. The Morgan fingerprint density at radius 1 is 1.14 bits per heavy atom. The Balaban J connectivity index is 2.51. The van der Waals surface area contributed by atoms with Crippen LogP contribution in [0, 0.1) is 6.92 Å². The standard InChI is InChI=1S/C23H27ClF3N3O4S/c1-5-20(22(32)28-3)29(13-16-8-6-7-15(2)11-16)21(31)14-30(35(4,33)34)17-9-10-19(24)18(12-17)23(25,26)27/h6-12,20H,5,13-14H2,1-4H3,(H,28,32). The fourth-order valence-corrected chi connectivity index (χ4v) is 4.66. The number of nitrogens with zero attached hydrogens (tertiary/aromatic N) is 2. The third kappa shape index (κ3) is 7.35. The molecular weight excluding hydrogens is 507 g/mol. The van der Waals surface area contributed by atoms with Crippen molar-refractivity contribution < 1.29 is 31.2 Å². The molecule has 0 aliphatic carbocycles.